The Morgan fingerprint density at radius 2 is 2.05 bits per heavy atom. The SMILES string of the molecule is CCN(Cc1cccs1)C(=O)COc1ccccc1C. The molecule has 0 bridgehead atoms. The smallest absolute Gasteiger partial charge is 0.260 e. The normalized spacial score (nSPS) is 10.3. The molecule has 0 unspecified atom stereocenters. The summed E-state index contributed by atoms with van der Waals surface area (Å²) in [6.45, 7) is 5.39. The highest BCUT2D eigenvalue weighted by Gasteiger charge is 2.13. The number of rotatable bonds is 6. The number of para-hydroxylation sites is 1. The van der Waals surface area contributed by atoms with Gasteiger partial charge in [-0.15, -0.1) is 11.3 Å². The second kappa shape index (κ2) is 7.10. The largest absolute Gasteiger partial charge is 0.484 e. The number of hydrogen-bond acceptors (Lipinski definition) is 3. The van der Waals surface area contributed by atoms with Crippen LogP contribution in [0.4, 0.5) is 0 Å². The van der Waals surface area contributed by atoms with Crippen LogP contribution in [0.15, 0.2) is 41.8 Å². The van der Waals surface area contributed by atoms with Crippen LogP contribution in [0.1, 0.15) is 17.4 Å². The number of amides is 1. The van der Waals surface area contributed by atoms with Gasteiger partial charge in [-0.05, 0) is 36.9 Å². The van der Waals surface area contributed by atoms with Crippen molar-refractivity contribution in [2.24, 2.45) is 0 Å². The van der Waals surface area contributed by atoms with Gasteiger partial charge in [0.2, 0.25) is 0 Å². The number of ether oxygens (including phenoxy) is 1. The highest BCUT2D eigenvalue weighted by Crippen LogP contribution is 2.17. The maximum absolute atomic E-state index is 12.2. The Hall–Kier alpha value is -1.81. The van der Waals surface area contributed by atoms with Crippen molar-refractivity contribution < 1.29 is 9.53 Å². The molecule has 4 heteroatoms. The van der Waals surface area contributed by atoms with Crippen LogP contribution < -0.4 is 4.74 Å². The Labute approximate surface area is 123 Å². The number of carbonyl (C=O) groups excluding carboxylic acids is 1. The Morgan fingerprint density at radius 1 is 1.25 bits per heavy atom. The van der Waals surface area contributed by atoms with Gasteiger partial charge < -0.3 is 9.64 Å². The highest BCUT2D eigenvalue weighted by atomic mass is 32.1. The van der Waals surface area contributed by atoms with Gasteiger partial charge in [0, 0.05) is 11.4 Å². The summed E-state index contributed by atoms with van der Waals surface area (Å²) in [7, 11) is 0. The van der Waals surface area contributed by atoms with Gasteiger partial charge in [0.25, 0.3) is 5.91 Å². The maximum Gasteiger partial charge on any atom is 0.260 e. The van der Waals surface area contributed by atoms with E-state index in [4.69, 9.17) is 4.74 Å². The Kier molecular flexibility index (Phi) is 5.18. The van der Waals surface area contributed by atoms with Crippen molar-refractivity contribution in [2.75, 3.05) is 13.2 Å². The third kappa shape index (κ3) is 3.84. The Balaban J connectivity index is 1.91. The lowest BCUT2D eigenvalue weighted by atomic mass is 10.2. The number of thiophene rings is 1. The number of aryl methyl sites for hydroxylation is 1. The quantitative estimate of drug-likeness (QED) is 0.814. The molecule has 0 saturated heterocycles. The fourth-order valence-electron chi connectivity index (χ4n) is 1.92. The molecule has 0 aliphatic rings. The summed E-state index contributed by atoms with van der Waals surface area (Å²) in [4.78, 5) is 15.2. The molecule has 0 aliphatic carbocycles. The topological polar surface area (TPSA) is 29.5 Å². The van der Waals surface area contributed by atoms with Gasteiger partial charge in [-0.25, -0.2) is 0 Å². The average molecular weight is 289 g/mol. The van der Waals surface area contributed by atoms with Crippen molar-refractivity contribution in [3.63, 3.8) is 0 Å². The van der Waals surface area contributed by atoms with Crippen molar-refractivity contribution in [3.8, 4) is 5.75 Å². The summed E-state index contributed by atoms with van der Waals surface area (Å²) in [5.41, 5.74) is 1.04. The Morgan fingerprint density at radius 3 is 2.70 bits per heavy atom. The molecule has 0 aliphatic heterocycles. The monoisotopic (exact) mass is 289 g/mol. The second-order valence-corrected chi connectivity index (χ2v) is 5.57. The summed E-state index contributed by atoms with van der Waals surface area (Å²) in [6, 6.07) is 11.8. The van der Waals surface area contributed by atoms with Crippen molar-refractivity contribution >= 4 is 17.2 Å². The number of nitrogens with zero attached hydrogens (tertiary/aromatic N) is 1. The molecule has 2 aromatic rings. The van der Waals surface area contributed by atoms with Crippen molar-refractivity contribution in [2.45, 2.75) is 20.4 Å². The van der Waals surface area contributed by atoms with Crippen LogP contribution in [0.25, 0.3) is 0 Å². The molecule has 0 fully saturated rings. The van der Waals surface area contributed by atoms with Crippen LogP contribution in [0.3, 0.4) is 0 Å². The van der Waals surface area contributed by atoms with Gasteiger partial charge in [0.1, 0.15) is 5.75 Å². The summed E-state index contributed by atoms with van der Waals surface area (Å²) in [5, 5.41) is 2.03. The molecule has 3 nitrogen and oxygen atoms in total. The molecule has 1 aromatic carbocycles. The van der Waals surface area contributed by atoms with Gasteiger partial charge in [-0.1, -0.05) is 24.3 Å². The zero-order valence-corrected chi connectivity index (χ0v) is 12.7. The predicted molar refractivity (Wildman–Crippen MR) is 82.1 cm³/mol. The lowest BCUT2D eigenvalue weighted by Gasteiger charge is -2.20. The molecule has 1 heterocycles. The molecular formula is C16H19NO2S. The molecule has 2 rings (SSSR count). The Bertz CT molecular complexity index is 551. The van der Waals surface area contributed by atoms with E-state index >= 15 is 0 Å². The fourth-order valence-corrected chi connectivity index (χ4v) is 2.64. The van der Waals surface area contributed by atoms with Gasteiger partial charge in [-0.3, -0.25) is 4.79 Å². The number of likely N-dealkylation sites (N-methyl/N-ethyl adjacent to an activating group) is 1. The van der Waals surface area contributed by atoms with Crippen LogP contribution >= 0.6 is 11.3 Å². The zero-order valence-electron chi connectivity index (χ0n) is 11.8. The van der Waals surface area contributed by atoms with Crippen LogP contribution in [0.5, 0.6) is 5.75 Å². The van der Waals surface area contributed by atoms with Crippen LogP contribution in [0, 0.1) is 6.92 Å². The summed E-state index contributed by atoms with van der Waals surface area (Å²) in [6.07, 6.45) is 0. The first-order valence-corrected chi connectivity index (χ1v) is 7.57. The number of benzene rings is 1. The third-order valence-corrected chi connectivity index (χ3v) is 3.97. The molecule has 0 radical (unpaired) electrons. The first kappa shape index (κ1) is 14.6. The van der Waals surface area contributed by atoms with Gasteiger partial charge in [0.15, 0.2) is 6.61 Å². The fraction of sp³-hybridized carbons (Fsp3) is 0.312. The van der Waals surface area contributed by atoms with Crippen molar-refractivity contribution in [1.29, 1.82) is 0 Å². The minimum absolute atomic E-state index is 0.0177. The van der Waals surface area contributed by atoms with Crippen LogP contribution in [-0.4, -0.2) is 24.0 Å². The van der Waals surface area contributed by atoms with E-state index in [1.165, 1.54) is 4.88 Å². The van der Waals surface area contributed by atoms with E-state index in [2.05, 4.69) is 0 Å². The molecule has 1 aromatic heterocycles. The van der Waals surface area contributed by atoms with E-state index in [1.807, 2.05) is 60.5 Å². The maximum atomic E-state index is 12.2. The molecule has 0 spiro atoms. The average Bonchev–Trinajstić information content (AvgIpc) is 2.96. The molecule has 106 valence electrons. The van der Waals surface area contributed by atoms with E-state index in [0.29, 0.717) is 13.1 Å². The molecule has 0 saturated carbocycles. The standard InChI is InChI=1S/C16H19NO2S/c1-3-17(11-14-8-6-10-20-14)16(18)12-19-15-9-5-4-7-13(15)2/h4-10H,3,11-12H2,1-2H3. The zero-order chi connectivity index (χ0) is 14.4. The first-order valence-electron chi connectivity index (χ1n) is 6.69. The molecular weight excluding hydrogens is 270 g/mol. The van der Waals surface area contributed by atoms with Gasteiger partial charge in [-0.2, -0.15) is 0 Å². The van der Waals surface area contributed by atoms with Crippen molar-refractivity contribution in [1.82, 2.24) is 4.90 Å². The lowest BCUT2D eigenvalue weighted by Crippen LogP contribution is -2.34. The van der Waals surface area contributed by atoms with Crippen molar-refractivity contribution in [3.05, 3.63) is 52.2 Å². The van der Waals surface area contributed by atoms with Crippen LogP contribution in [0.2, 0.25) is 0 Å². The van der Waals surface area contributed by atoms with Gasteiger partial charge in [0.05, 0.1) is 6.54 Å². The van der Waals surface area contributed by atoms with E-state index in [0.717, 1.165) is 11.3 Å². The van der Waals surface area contributed by atoms with Crippen LogP contribution in [-0.2, 0) is 11.3 Å². The molecule has 1 amide bonds. The minimum Gasteiger partial charge on any atom is -0.484 e. The summed E-state index contributed by atoms with van der Waals surface area (Å²) in [5.74, 6) is 0.789. The number of hydrogen-bond donors (Lipinski definition) is 0. The van der Waals surface area contributed by atoms with E-state index in [-0.39, 0.29) is 12.5 Å². The van der Waals surface area contributed by atoms with E-state index in [9.17, 15) is 4.79 Å². The molecule has 0 atom stereocenters. The number of carbonyl (C=O) groups is 1. The van der Waals surface area contributed by atoms with E-state index < -0.39 is 0 Å². The summed E-state index contributed by atoms with van der Waals surface area (Å²) < 4.78 is 5.61. The molecule has 0 N–H and O–H groups in total. The second-order valence-electron chi connectivity index (χ2n) is 4.54. The highest BCUT2D eigenvalue weighted by molar-refractivity contribution is 7.09. The predicted octanol–water partition coefficient (Wildman–Crippen LogP) is 3.48. The minimum atomic E-state index is 0.0177. The third-order valence-electron chi connectivity index (χ3n) is 3.11. The lowest BCUT2D eigenvalue weighted by molar-refractivity contribution is -0.133. The summed E-state index contributed by atoms with van der Waals surface area (Å²) >= 11 is 1.67. The van der Waals surface area contributed by atoms with E-state index in [1.54, 1.807) is 11.3 Å². The first-order chi connectivity index (χ1) is 9.70. The van der Waals surface area contributed by atoms with Gasteiger partial charge >= 0.3 is 0 Å². The molecule has 20 heavy (non-hydrogen) atoms.